The molecular weight excluding hydrogens is 402 g/mol. The van der Waals surface area contributed by atoms with E-state index in [2.05, 4.69) is 5.32 Å². The van der Waals surface area contributed by atoms with E-state index in [1.807, 2.05) is 30.3 Å². The van der Waals surface area contributed by atoms with Crippen molar-refractivity contribution in [3.05, 3.63) is 71.8 Å². The number of allylic oxidation sites excluding steroid dienone is 1. The highest BCUT2D eigenvalue weighted by molar-refractivity contribution is 6.06. The number of aliphatic hydroxyl groups excluding tert-OH is 3. The molecule has 0 radical (unpaired) electrons. The minimum absolute atomic E-state index is 0.181. The minimum Gasteiger partial charge on any atom is -0.463 e. The number of hydrogen-bond donors (Lipinski definition) is 4. The van der Waals surface area contributed by atoms with E-state index in [-0.39, 0.29) is 5.78 Å². The molecule has 31 heavy (non-hydrogen) atoms. The van der Waals surface area contributed by atoms with E-state index in [1.165, 1.54) is 13.0 Å². The van der Waals surface area contributed by atoms with Gasteiger partial charge in [0.1, 0.15) is 30.1 Å². The smallest absolute Gasteiger partial charge is 0.223 e. The Balaban J connectivity index is 1.70. The molecule has 0 spiro atoms. The SMILES string of the molecule is CC(=O)N[C@@H]1[C@H](Oc2ccc(C(=O)/C=C/c3ccccc3)cc2)O[C@H](CO)[C@@H](O)[C@H]1O. The summed E-state index contributed by atoms with van der Waals surface area (Å²) in [6, 6.07) is 14.7. The van der Waals surface area contributed by atoms with Gasteiger partial charge in [0, 0.05) is 12.5 Å². The molecule has 1 aliphatic heterocycles. The summed E-state index contributed by atoms with van der Waals surface area (Å²) in [5.74, 6) is -0.300. The van der Waals surface area contributed by atoms with E-state index in [0.717, 1.165) is 5.56 Å². The highest BCUT2D eigenvalue weighted by atomic mass is 16.7. The molecule has 8 heteroatoms. The summed E-state index contributed by atoms with van der Waals surface area (Å²) < 4.78 is 11.3. The predicted octanol–water partition coefficient (Wildman–Crippen LogP) is 0.905. The van der Waals surface area contributed by atoms with Crippen LogP contribution in [0.2, 0.25) is 0 Å². The number of nitrogens with one attached hydrogen (secondary N) is 1. The van der Waals surface area contributed by atoms with E-state index >= 15 is 0 Å². The average Bonchev–Trinajstić information content (AvgIpc) is 2.78. The van der Waals surface area contributed by atoms with Gasteiger partial charge in [-0.05, 0) is 35.9 Å². The van der Waals surface area contributed by atoms with E-state index in [1.54, 1.807) is 30.3 Å². The van der Waals surface area contributed by atoms with Gasteiger partial charge < -0.3 is 30.1 Å². The molecule has 3 rings (SSSR count). The quantitative estimate of drug-likeness (QED) is 0.382. The molecule has 4 N–H and O–H groups in total. The second-order valence-corrected chi connectivity index (χ2v) is 7.18. The van der Waals surface area contributed by atoms with Crippen LogP contribution in [0.25, 0.3) is 6.08 Å². The second kappa shape index (κ2) is 10.3. The van der Waals surface area contributed by atoms with Crippen LogP contribution in [-0.2, 0) is 9.53 Å². The van der Waals surface area contributed by atoms with Crippen molar-refractivity contribution >= 4 is 17.8 Å². The number of hydrogen-bond acceptors (Lipinski definition) is 7. The molecule has 0 aliphatic carbocycles. The number of benzene rings is 2. The standard InChI is InChI=1S/C23H25NO7/c1-14(26)24-20-22(29)21(28)19(13-25)31-23(20)30-17-10-8-16(9-11-17)18(27)12-7-15-5-3-2-4-6-15/h2-12,19-23,25,28-29H,13H2,1H3,(H,24,26)/b12-7+/t19-,20+,21-,22+,23-/m1/s1. The van der Waals surface area contributed by atoms with Crippen LogP contribution in [0, 0.1) is 0 Å². The molecular formula is C23H25NO7. The molecule has 1 heterocycles. The van der Waals surface area contributed by atoms with Crippen LogP contribution in [-0.4, -0.2) is 64.3 Å². The Bertz CT molecular complexity index is 913. The van der Waals surface area contributed by atoms with Crippen molar-refractivity contribution in [3.8, 4) is 5.75 Å². The van der Waals surface area contributed by atoms with Crippen molar-refractivity contribution in [1.82, 2.24) is 5.32 Å². The summed E-state index contributed by atoms with van der Waals surface area (Å²) in [4.78, 5) is 23.9. The molecule has 1 fully saturated rings. The Labute approximate surface area is 179 Å². The zero-order chi connectivity index (χ0) is 22.4. The number of ketones is 1. The lowest BCUT2D eigenvalue weighted by atomic mass is 9.97. The van der Waals surface area contributed by atoms with Gasteiger partial charge in [-0.3, -0.25) is 9.59 Å². The Morgan fingerprint density at radius 1 is 1.06 bits per heavy atom. The second-order valence-electron chi connectivity index (χ2n) is 7.18. The molecule has 8 nitrogen and oxygen atoms in total. The maximum atomic E-state index is 12.4. The summed E-state index contributed by atoms with van der Waals surface area (Å²) in [5, 5.41) is 32.2. The van der Waals surface area contributed by atoms with Gasteiger partial charge in [0.05, 0.1) is 6.61 Å². The number of amides is 1. The summed E-state index contributed by atoms with van der Waals surface area (Å²) in [6.07, 6.45) is -1.82. The summed E-state index contributed by atoms with van der Waals surface area (Å²) in [5.41, 5.74) is 1.36. The Morgan fingerprint density at radius 3 is 2.35 bits per heavy atom. The van der Waals surface area contributed by atoms with Crippen molar-refractivity contribution in [2.75, 3.05) is 6.61 Å². The molecule has 0 saturated carbocycles. The Morgan fingerprint density at radius 2 is 1.74 bits per heavy atom. The normalized spacial score (nSPS) is 25.9. The number of carbonyl (C=O) groups is 2. The third-order valence-electron chi connectivity index (χ3n) is 4.87. The summed E-state index contributed by atoms with van der Waals surface area (Å²) in [7, 11) is 0. The van der Waals surface area contributed by atoms with Gasteiger partial charge in [-0.2, -0.15) is 0 Å². The van der Waals surface area contributed by atoms with Crippen molar-refractivity contribution < 1.29 is 34.4 Å². The van der Waals surface area contributed by atoms with Crippen molar-refractivity contribution in [2.24, 2.45) is 0 Å². The molecule has 1 amide bonds. The molecule has 0 bridgehead atoms. The van der Waals surface area contributed by atoms with Crippen LogP contribution in [0.1, 0.15) is 22.8 Å². The van der Waals surface area contributed by atoms with Crippen LogP contribution < -0.4 is 10.1 Å². The summed E-state index contributed by atoms with van der Waals surface area (Å²) in [6.45, 7) is 0.726. The monoisotopic (exact) mass is 427 g/mol. The molecule has 0 unspecified atom stereocenters. The molecule has 1 saturated heterocycles. The van der Waals surface area contributed by atoms with E-state index in [4.69, 9.17) is 9.47 Å². The van der Waals surface area contributed by atoms with Crippen LogP contribution in [0.3, 0.4) is 0 Å². The zero-order valence-corrected chi connectivity index (χ0v) is 16.9. The van der Waals surface area contributed by atoms with Gasteiger partial charge in [-0.1, -0.05) is 36.4 Å². The lowest BCUT2D eigenvalue weighted by Crippen LogP contribution is -2.65. The molecule has 164 valence electrons. The van der Waals surface area contributed by atoms with Crippen LogP contribution >= 0.6 is 0 Å². The number of rotatable bonds is 7. The Hall–Kier alpha value is -3.04. The molecule has 2 aromatic rings. The van der Waals surface area contributed by atoms with Gasteiger partial charge in [0.2, 0.25) is 12.2 Å². The maximum Gasteiger partial charge on any atom is 0.223 e. The average molecular weight is 427 g/mol. The number of aliphatic hydroxyl groups is 3. The van der Waals surface area contributed by atoms with Gasteiger partial charge in [0.15, 0.2) is 5.78 Å². The lowest BCUT2D eigenvalue weighted by molar-refractivity contribution is -0.244. The van der Waals surface area contributed by atoms with Crippen LogP contribution in [0.5, 0.6) is 5.75 Å². The highest BCUT2D eigenvalue weighted by Gasteiger charge is 2.46. The maximum absolute atomic E-state index is 12.4. The van der Waals surface area contributed by atoms with Crippen LogP contribution in [0.4, 0.5) is 0 Å². The van der Waals surface area contributed by atoms with E-state index in [0.29, 0.717) is 11.3 Å². The topological polar surface area (TPSA) is 125 Å². The van der Waals surface area contributed by atoms with Crippen molar-refractivity contribution in [2.45, 2.75) is 37.6 Å². The van der Waals surface area contributed by atoms with Crippen molar-refractivity contribution in [3.63, 3.8) is 0 Å². The summed E-state index contributed by atoms with van der Waals surface area (Å²) >= 11 is 0. The zero-order valence-electron chi connectivity index (χ0n) is 16.9. The Kier molecular flexibility index (Phi) is 7.54. The van der Waals surface area contributed by atoms with Gasteiger partial charge >= 0.3 is 0 Å². The lowest BCUT2D eigenvalue weighted by Gasteiger charge is -2.42. The fourth-order valence-corrected chi connectivity index (χ4v) is 3.24. The molecule has 1 aliphatic rings. The predicted molar refractivity (Wildman–Crippen MR) is 112 cm³/mol. The largest absolute Gasteiger partial charge is 0.463 e. The third kappa shape index (κ3) is 5.77. The van der Waals surface area contributed by atoms with Gasteiger partial charge in [0.25, 0.3) is 0 Å². The first-order valence-electron chi connectivity index (χ1n) is 9.83. The number of carbonyl (C=O) groups excluding carboxylic acids is 2. The molecule has 2 aromatic carbocycles. The van der Waals surface area contributed by atoms with Gasteiger partial charge in [-0.15, -0.1) is 0 Å². The molecule has 5 atom stereocenters. The number of ether oxygens (including phenoxy) is 2. The first-order chi connectivity index (χ1) is 14.9. The van der Waals surface area contributed by atoms with Gasteiger partial charge in [-0.25, -0.2) is 0 Å². The van der Waals surface area contributed by atoms with E-state index in [9.17, 15) is 24.9 Å². The van der Waals surface area contributed by atoms with Crippen LogP contribution in [0.15, 0.2) is 60.7 Å². The fourth-order valence-electron chi connectivity index (χ4n) is 3.24. The first kappa shape index (κ1) is 22.6. The molecule has 0 aromatic heterocycles. The third-order valence-corrected chi connectivity index (χ3v) is 4.87. The fraction of sp³-hybridized carbons (Fsp3) is 0.304. The van der Waals surface area contributed by atoms with Crippen molar-refractivity contribution in [1.29, 1.82) is 0 Å². The first-order valence-corrected chi connectivity index (χ1v) is 9.83. The minimum atomic E-state index is -1.40. The van der Waals surface area contributed by atoms with E-state index < -0.39 is 43.2 Å². The highest BCUT2D eigenvalue weighted by Crippen LogP contribution is 2.25.